The Morgan fingerprint density at radius 1 is 1.17 bits per heavy atom. The first-order valence-corrected chi connectivity index (χ1v) is 8.20. The number of fused-ring (bicyclic) bond motifs is 1. The fraction of sp³-hybridized carbons (Fsp3) is 0.125. The molecule has 0 fully saturated rings. The van der Waals surface area contributed by atoms with Crippen molar-refractivity contribution in [1.29, 1.82) is 0 Å². The van der Waals surface area contributed by atoms with Crippen LogP contribution in [0.15, 0.2) is 53.8 Å². The lowest BCUT2D eigenvalue weighted by molar-refractivity contribution is -0.113. The quantitative estimate of drug-likeness (QED) is 0.691. The summed E-state index contributed by atoms with van der Waals surface area (Å²) in [4.78, 5) is 23.7. The highest BCUT2D eigenvalue weighted by atomic mass is 32.2. The third kappa shape index (κ3) is 3.54. The maximum absolute atomic E-state index is 12.1. The molecular formula is C16H15N5O2S. The Balaban J connectivity index is 1.63. The summed E-state index contributed by atoms with van der Waals surface area (Å²) in [6, 6.07) is 12.4. The number of hydrogen-bond acceptors (Lipinski definition) is 5. The predicted octanol–water partition coefficient (Wildman–Crippen LogP) is 1.82. The minimum absolute atomic E-state index is 0.179. The molecule has 0 radical (unpaired) electrons. The van der Waals surface area contributed by atoms with Gasteiger partial charge in [0.25, 0.3) is 5.91 Å². The van der Waals surface area contributed by atoms with Crippen LogP contribution >= 0.6 is 11.8 Å². The molecule has 0 aliphatic rings. The van der Waals surface area contributed by atoms with Crippen molar-refractivity contribution in [2.75, 3.05) is 18.1 Å². The third-order valence-corrected chi connectivity index (χ3v) is 4.19. The van der Waals surface area contributed by atoms with Gasteiger partial charge in [-0.1, -0.05) is 23.9 Å². The SMILES string of the molecule is CNC(=O)c1cccc(NC(=O)CSc2nnc3ccccn23)c1. The van der Waals surface area contributed by atoms with Crippen LogP contribution in [-0.2, 0) is 4.79 Å². The molecule has 2 heterocycles. The molecule has 3 rings (SSSR count). The first-order chi connectivity index (χ1) is 11.7. The number of nitrogens with one attached hydrogen (secondary N) is 2. The first-order valence-electron chi connectivity index (χ1n) is 7.22. The highest BCUT2D eigenvalue weighted by Crippen LogP contribution is 2.17. The van der Waals surface area contributed by atoms with Gasteiger partial charge in [-0.25, -0.2) is 0 Å². The summed E-state index contributed by atoms with van der Waals surface area (Å²) in [5, 5.41) is 14.1. The maximum Gasteiger partial charge on any atom is 0.251 e. The molecule has 2 amide bonds. The summed E-state index contributed by atoms with van der Waals surface area (Å²) in [5.74, 6) is -0.183. The summed E-state index contributed by atoms with van der Waals surface area (Å²) in [7, 11) is 1.56. The number of carbonyl (C=O) groups excluding carboxylic acids is 2. The van der Waals surface area contributed by atoms with Crippen LogP contribution in [0, 0.1) is 0 Å². The summed E-state index contributed by atoms with van der Waals surface area (Å²) in [5.41, 5.74) is 1.80. The molecule has 122 valence electrons. The summed E-state index contributed by atoms with van der Waals surface area (Å²) < 4.78 is 1.82. The van der Waals surface area contributed by atoms with Crippen molar-refractivity contribution >= 4 is 34.9 Å². The minimum Gasteiger partial charge on any atom is -0.355 e. The molecule has 2 N–H and O–H groups in total. The lowest BCUT2D eigenvalue weighted by Gasteiger charge is -2.06. The number of hydrogen-bond donors (Lipinski definition) is 2. The standard InChI is InChI=1S/C16H15N5O2S/c1-17-15(23)11-5-4-6-12(9-11)18-14(22)10-24-16-20-19-13-7-2-3-8-21(13)16/h2-9H,10H2,1H3,(H,17,23)(H,18,22). The molecule has 0 spiro atoms. The third-order valence-electron chi connectivity index (χ3n) is 3.25. The van der Waals surface area contributed by atoms with E-state index in [1.807, 2.05) is 28.8 Å². The van der Waals surface area contributed by atoms with Crippen LogP contribution < -0.4 is 10.6 Å². The van der Waals surface area contributed by atoms with Crippen molar-refractivity contribution in [3.05, 3.63) is 54.2 Å². The van der Waals surface area contributed by atoms with Gasteiger partial charge in [-0.15, -0.1) is 10.2 Å². The average Bonchev–Trinajstić information content (AvgIpc) is 3.03. The molecule has 1 aromatic carbocycles. The lowest BCUT2D eigenvalue weighted by atomic mass is 10.2. The smallest absolute Gasteiger partial charge is 0.251 e. The largest absolute Gasteiger partial charge is 0.355 e. The van der Waals surface area contributed by atoms with Crippen molar-refractivity contribution < 1.29 is 9.59 Å². The van der Waals surface area contributed by atoms with Crippen molar-refractivity contribution in [2.45, 2.75) is 5.16 Å². The van der Waals surface area contributed by atoms with E-state index in [9.17, 15) is 9.59 Å². The molecule has 2 aromatic heterocycles. The van der Waals surface area contributed by atoms with Crippen molar-refractivity contribution in [3.63, 3.8) is 0 Å². The molecule has 0 saturated carbocycles. The molecule has 24 heavy (non-hydrogen) atoms. The molecule has 0 bridgehead atoms. The Kier molecular flexibility index (Phi) is 4.76. The molecule has 0 unspecified atom stereocenters. The Morgan fingerprint density at radius 3 is 2.88 bits per heavy atom. The Labute approximate surface area is 142 Å². The molecule has 0 aliphatic heterocycles. The van der Waals surface area contributed by atoms with Crippen LogP contribution in [0.4, 0.5) is 5.69 Å². The second-order valence-corrected chi connectivity index (χ2v) is 5.85. The number of rotatable bonds is 5. The first kappa shape index (κ1) is 16.0. The van der Waals surface area contributed by atoms with Gasteiger partial charge < -0.3 is 10.6 Å². The molecular weight excluding hydrogens is 326 g/mol. The fourth-order valence-corrected chi connectivity index (χ4v) is 2.85. The molecule has 3 aromatic rings. The summed E-state index contributed by atoms with van der Waals surface area (Å²) in [6.07, 6.45) is 1.85. The summed E-state index contributed by atoms with van der Waals surface area (Å²) >= 11 is 1.30. The molecule has 8 heteroatoms. The highest BCUT2D eigenvalue weighted by molar-refractivity contribution is 7.99. The van der Waals surface area contributed by atoms with Crippen LogP contribution in [0.5, 0.6) is 0 Å². The highest BCUT2D eigenvalue weighted by Gasteiger charge is 2.10. The van der Waals surface area contributed by atoms with Gasteiger partial charge in [-0.05, 0) is 30.3 Å². The van der Waals surface area contributed by atoms with E-state index < -0.39 is 0 Å². The lowest BCUT2D eigenvalue weighted by Crippen LogP contribution is -2.19. The van der Waals surface area contributed by atoms with Crippen LogP contribution in [0.25, 0.3) is 5.65 Å². The van der Waals surface area contributed by atoms with Crippen LogP contribution in [0.3, 0.4) is 0 Å². The average molecular weight is 341 g/mol. The van der Waals surface area contributed by atoms with Gasteiger partial charge >= 0.3 is 0 Å². The number of thioether (sulfide) groups is 1. The van der Waals surface area contributed by atoms with E-state index in [1.54, 1.807) is 31.3 Å². The molecule has 7 nitrogen and oxygen atoms in total. The van der Waals surface area contributed by atoms with E-state index in [1.165, 1.54) is 11.8 Å². The predicted molar refractivity (Wildman–Crippen MR) is 92.2 cm³/mol. The van der Waals surface area contributed by atoms with E-state index in [2.05, 4.69) is 20.8 Å². The topological polar surface area (TPSA) is 88.4 Å². The molecule has 0 atom stereocenters. The van der Waals surface area contributed by atoms with Gasteiger partial charge in [0.05, 0.1) is 5.75 Å². The fourth-order valence-electron chi connectivity index (χ4n) is 2.13. The Bertz CT molecular complexity index is 893. The van der Waals surface area contributed by atoms with Crippen molar-refractivity contribution in [2.24, 2.45) is 0 Å². The van der Waals surface area contributed by atoms with Crippen molar-refractivity contribution in [3.8, 4) is 0 Å². The zero-order chi connectivity index (χ0) is 16.9. The Morgan fingerprint density at radius 2 is 2.04 bits per heavy atom. The zero-order valence-corrected chi connectivity index (χ0v) is 13.7. The van der Waals surface area contributed by atoms with Crippen LogP contribution in [0.2, 0.25) is 0 Å². The monoisotopic (exact) mass is 341 g/mol. The number of carbonyl (C=O) groups is 2. The number of benzene rings is 1. The number of aromatic nitrogens is 3. The number of amides is 2. The normalized spacial score (nSPS) is 10.5. The number of pyridine rings is 1. The van der Waals surface area contributed by atoms with Gasteiger partial charge in [0, 0.05) is 24.5 Å². The number of anilines is 1. The van der Waals surface area contributed by atoms with Gasteiger partial charge in [-0.3, -0.25) is 14.0 Å². The van der Waals surface area contributed by atoms with Gasteiger partial charge in [-0.2, -0.15) is 0 Å². The number of nitrogens with zero attached hydrogens (tertiary/aromatic N) is 3. The molecule has 0 aliphatic carbocycles. The summed E-state index contributed by atoms with van der Waals surface area (Å²) in [6.45, 7) is 0. The van der Waals surface area contributed by atoms with Gasteiger partial charge in [0.2, 0.25) is 5.91 Å². The van der Waals surface area contributed by atoms with Crippen LogP contribution in [0.1, 0.15) is 10.4 Å². The van der Waals surface area contributed by atoms with Crippen molar-refractivity contribution in [1.82, 2.24) is 19.9 Å². The minimum atomic E-state index is -0.199. The van der Waals surface area contributed by atoms with Gasteiger partial charge in [0.1, 0.15) is 0 Å². The van der Waals surface area contributed by atoms with E-state index in [0.717, 1.165) is 5.65 Å². The van der Waals surface area contributed by atoms with Crippen LogP contribution in [-0.4, -0.2) is 39.2 Å². The van der Waals surface area contributed by atoms with E-state index in [4.69, 9.17) is 0 Å². The maximum atomic E-state index is 12.1. The van der Waals surface area contributed by atoms with E-state index >= 15 is 0 Å². The van der Waals surface area contributed by atoms with E-state index in [0.29, 0.717) is 16.4 Å². The van der Waals surface area contributed by atoms with E-state index in [-0.39, 0.29) is 17.6 Å². The molecule has 0 saturated heterocycles. The zero-order valence-electron chi connectivity index (χ0n) is 12.9. The van der Waals surface area contributed by atoms with Gasteiger partial charge in [0.15, 0.2) is 10.8 Å². The second-order valence-electron chi connectivity index (χ2n) is 4.91. The second kappa shape index (κ2) is 7.14. The Hall–Kier alpha value is -2.87.